The molecule has 6 nitrogen and oxygen atoms in total. The van der Waals surface area contributed by atoms with E-state index in [-0.39, 0.29) is 6.61 Å². The molecule has 5 rings (SSSR count). The molecule has 170 valence electrons. The standard InChI is InChI=1S/C26H19Cl2N3O3/c1-32-22-7-4-6-17(25(22)34-16-18-10-11-19(27)14-20(18)28)15-29-26-24(21-8-5-13-33-21)30-23-9-2-3-12-31(23)26/h2-15H,16H2,1H3/b29-15-. The molecule has 2 aromatic carbocycles. The molecule has 0 saturated heterocycles. The number of para-hydroxylation sites is 1. The molecule has 0 aliphatic rings. The fourth-order valence-corrected chi connectivity index (χ4v) is 4.02. The quantitative estimate of drug-likeness (QED) is 0.225. The van der Waals surface area contributed by atoms with Crippen molar-refractivity contribution in [1.82, 2.24) is 9.38 Å². The third-order valence-electron chi connectivity index (χ3n) is 5.20. The summed E-state index contributed by atoms with van der Waals surface area (Å²) in [6.45, 7) is 0.241. The number of halogens is 2. The van der Waals surface area contributed by atoms with E-state index in [0.717, 1.165) is 16.8 Å². The zero-order valence-electron chi connectivity index (χ0n) is 18.1. The van der Waals surface area contributed by atoms with Crippen LogP contribution in [0.3, 0.4) is 0 Å². The number of hydrogen-bond acceptors (Lipinski definition) is 5. The maximum absolute atomic E-state index is 6.32. The Labute approximate surface area is 206 Å². The molecule has 3 aromatic heterocycles. The van der Waals surface area contributed by atoms with E-state index >= 15 is 0 Å². The van der Waals surface area contributed by atoms with Gasteiger partial charge in [-0.2, -0.15) is 0 Å². The van der Waals surface area contributed by atoms with Crippen LogP contribution >= 0.6 is 23.2 Å². The van der Waals surface area contributed by atoms with Gasteiger partial charge in [-0.3, -0.25) is 4.40 Å². The fourth-order valence-electron chi connectivity index (χ4n) is 3.55. The average Bonchev–Trinajstić information content (AvgIpc) is 3.50. The van der Waals surface area contributed by atoms with Gasteiger partial charge in [-0.15, -0.1) is 0 Å². The van der Waals surface area contributed by atoms with E-state index in [4.69, 9.17) is 47.1 Å². The van der Waals surface area contributed by atoms with Crippen molar-refractivity contribution in [2.24, 2.45) is 4.99 Å². The lowest BCUT2D eigenvalue weighted by atomic mass is 10.2. The van der Waals surface area contributed by atoms with Crippen molar-refractivity contribution in [3.8, 4) is 23.0 Å². The molecular weight excluding hydrogens is 473 g/mol. The first kappa shape index (κ1) is 22.1. The second-order valence-electron chi connectivity index (χ2n) is 7.35. The Bertz CT molecular complexity index is 1480. The molecule has 3 heterocycles. The van der Waals surface area contributed by atoms with Gasteiger partial charge in [0.05, 0.1) is 13.4 Å². The summed E-state index contributed by atoms with van der Waals surface area (Å²) in [7, 11) is 1.60. The largest absolute Gasteiger partial charge is 0.493 e. The van der Waals surface area contributed by atoms with Crippen molar-refractivity contribution in [1.29, 1.82) is 0 Å². The lowest BCUT2D eigenvalue weighted by molar-refractivity contribution is 0.284. The van der Waals surface area contributed by atoms with Crippen LogP contribution in [0.1, 0.15) is 11.1 Å². The van der Waals surface area contributed by atoms with Gasteiger partial charge in [0.25, 0.3) is 0 Å². The number of imidazole rings is 1. The Morgan fingerprint density at radius 1 is 1.06 bits per heavy atom. The third-order valence-corrected chi connectivity index (χ3v) is 5.79. The number of furan rings is 1. The molecule has 0 radical (unpaired) electrons. The molecule has 5 aromatic rings. The summed E-state index contributed by atoms with van der Waals surface area (Å²) < 4.78 is 19.2. The molecule has 0 bridgehead atoms. The number of aliphatic imine (C=N–C) groups is 1. The minimum absolute atomic E-state index is 0.241. The number of methoxy groups -OCH3 is 1. The molecule has 0 N–H and O–H groups in total. The van der Waals surface area contributed by atoms with Crippen molar-refractivity contribution >= 4 is 40.9 Å². The highest BCUT2D eigenvalue weighted by Gasteiger charge is 2.16. The fraction of sp³-hybridized carbons (Fsp3) is 0.0769. The minimum Gasteiger partial charge on any atom is -0.493 e. The van der Waals surface area contributed by atoms with E-state index in [1.54, 1.807) is 31.7 Å². The monoisotopic (exact) mass is 491 g/mol. The Morgan fingerprint density at radius 2 is 1.97 bits per heavy atom. The van der Waals surface area contributed by atoms with Crippen molar-refractivity contribution in [3.63, 3.8) is 0 Å². The second kappa shape index (κ2) is 9.63. The smallest absolute Gasteiger partial charge is 0.170 e. The van der Waals surface area contributed by atoms with Gasteiger partial charge in [0.1, 0.15) is 12.3 Å². The van der Waals surface area contributed by atoms with Crippen LogP contribution in [-0.4, -0.2) is 22.7 Å². The van der Waals surface area contributed by atoms with Gasteiger partial charge in [0.15, 0.2) is 28.8 Å². The summed E-state index contributed by atoms with van der Waals surface area (Å²) in [4.78, 5) is 9.47. The van der Waals surface area contributed by atoms with E-state index in [1.165, 1.54) is 0 Å². The normalized spacial score (nSPS) is 11.4. The first-order valence-corrected chi connectivity index (χ1v) is 11.2. The highest BCUT2D eigenvalue weighted by Crippen LogP contribution is 2.34. The van der Waals surface area contributed by atoms with Gasteiger partial charge in [0.2, 0.25) is 0 Å². The topological polar surface area (TPSA) is 61.3 Å². The maximum atomic E-state index is 6.32. The SMILES string of the molecule is COc1cccc(/C=N\c2c(-c3ccco3)nc3ccccn23)c1OCc1ccc(Cl)cc1Cl. The summed E-state index contributed by atoms with van der Waals surface area (Å²) in [6, 6.07) is 20.4. The summed E-state index contributed by atoms with van der Waals surface area (Å²) in [5.41, 5.74) is 2.95. The third kappa shape index (κ3) is 4.38. The molecular formula is C26H19Cl2N3O3. The first-order chi connectivity index (χ1) is 16.6. The summed E-state index contributed by atoms with van der Waals surface area (Å²) in [5, 5.41) is 1.10. The Kier molecular flexibility index (Phi) is 6.25. The second-order valence-corrected chi connectivity index (χ2v) is 8.20. The van der Waals surface area contributed by atoms with Crippen molar-refractivity contribution in [3.05, 3.63) is 100 Å². The number of rotatable bonds is 7. The molecule has 0 unspecified atom stereocenters. The predicted octanol–water partition coefficient (Wildman–Crippen LogP) is 7.24. The summed E-state index contributed by atoms with van der Waals surface area (Å²) >= 11 is 12.3. The predicted molar refractivity (Wildman–Crippen MR) is 134 cm³/mol. The van der Waals surface area contributed by atoms with Crippen molar-refractivity contribution in [2.75, 3.05) is 7.11 Å². The number of pyridine rings is 1. The van der Waals surface area contributed by atoms with Crippen LogP contribution in [0, 0.1) is 0 Å². The van der Waals surface area contributed by atoms with Gasteiger partial charge >= 0.3 is 0 Å². The van der Waals surface area contributed by atoms with Crippen molar-refractivity contribution < 1.29 is 13.9 Å². The van der Waals surface area contributed by atoms with Crippen LogP contribution in [0.15, 0.2) is 88.6 Å². The molecule has 0 amide bonds. The van der Waals surface area contributed by atoms with Crippen LogP contribution in [0.4, 0.5) is 5.82 Å². The molecule has 0 fully saturated rings. The van der Waals surface area contributed by atoms with Crippen molar-refractivity contribution in [2.45, 2.75) is 6.61 Å². The highest BCUT2D eigenvalue weighted by atomic mass is 35.5. The number of aromatic nitrogens is 2. The molecule has 0 atom stereocenters. The Balaban J connectivity index is 1.53. The van der Waals surface area contributed by atoms with E-state index in [9.17, 15) is 0 Å². The van der Waals surface area contributed by atoms with E-state index in [2.05, 4.69) is 0 Å². The van der Waals surface area contributed by atoms with Crippen LogP contribution in [0.2, 0.25) is 10.0 Å². The van der Waals surface area contributed by atoms with E-state index in [0.29, 0.717) is 38.8 Å². The Hall–Kier alpha value is -3.74. The molecule has 0 aliphatic carbocycles. The summed E-state index contributed by atoms with van der Waals surface area (Å²) in [6.07, 6.45) is 5.25. The molecule has 0 saturated carbocycles. The number of ether oxygens (including phenoxy) is 2. The van der Waals surface area contributed by atoms with Gasteiger partial charge < -0.3 is 13.9 Å². The van der Waals surface area contributed by atoms with Crippen LogP contribution in [0.5, 0.6) is 11.5 Å². The van der Waals surface area contributed by atoms with E-state index in [1.807, 2.05) is 65.2 Å². The number of benzene rings is 2. The maximum Gasteiger partial charge on any atom is 0.170 e. The summed E-state index contributed by atoms with van der Waals surface area (Å²) in [5.74, 6) is 2.40. The lowest BCUT2D eigenvalue weighted by Crippen LogP contribution is -2.01. The highest BCUT2D eigenvalue weighted by molar-refractivity contribution is 6.35. The molecule has 0 spiro atoms. The number of hydrogen-bond donors (Lipinski definition) is 0. The molecule has 8 heteroatoms. The first-order valence-electron chi connectivity index (χ1n) is 10.4. The van der Waals surface area contributed by atoms with Crippen LogP contribution < -0.4 is 9.47 Å². The number of fused-ring (bicyclic) bond motifs is 1. The van der Waals surface area contributed by atoms with Gasteiger partial charge in [-0.1, -0.05) is 41.4 Å². The zero-order valence-corrected chi connectivity index (χ0v) is 19.6. The van der Waals surface area contributed by atoms with E-state index < -0.39 is 0 Å². The molecule has 34 heavy (non-hydrogen) atoms. The van der Waals surface area contributed by atoms with Gasteiger partial charge in [-0.25, -0.2) is 9.98 Å². The zero-order chi connectivity index (χ0) is 23.5. The van der Waals surface area contributed by atoms with Crippen LogP contribution in [-0.2, 0) is 6.61 Å². The van der Waals surface area contributed by atoms with Crippen LogP contribution in [0.25, 0.3) is 17.1 Å². The average molecular weight is 492 g/mol. The molecule has 0 aliphatic heterocycles. The van der Waals surface area contributed by atoms with Gasteiger partial charge in [0, 0.05) is 33.6 Å². The number of nitrogens with zero attached hydrogens (tertiary/aromatic N) is 3. The van der Waals surface area contributed by atoms with Gasteiger partial charge in [-0.05, 0) is 48.5 Å². The Morgan fingerprint density at radius 3 is 2.76 bits per heavy atom. The lowest BCUT2D eigenvalue weighted by Gasteiger charge is -2.14. The minimum atomic E-state index is 0.241.